The van der Waals surface area contributed by atoms with E-state index in [0.29, 0.717) is 18.8 Å². The molecule has 146 valence electrons. The van der Waals surface area contributed by atoms with Crippen LogP contribution in [0.3, 0.4) is 0 Å². The van der Waals surface area contributed by atoms with E-state index in [1.54, 1.807) is 0 Å². The van der Waals surface area contributed by atoms with E-state index in [1.165, 1.54) is 11.8 Å². The molecule has 0 saturated carbocycles. The molecule has 1 fully saturated rings. The molecule has 0 aromatic heterocycles. The monoisotopic (exact) mass is 382 g/mol. The second kappa shape index (κ2) is 7.79. The summed E-state index contributed by atoms with van der Waals surface area (Å²) in [6, 6.07) is 4.01. The average Bonchev–Trinajstić information content (AvgIpc) is 2.91. The Bertz CT molecular complexity index is 622. The van der Waals surface area contributed by atoms with Crippen LogP contribution in [-0.2, 0) is 25.1 Å². The van der Waals surface area contributed by atoms with Crippen molar-refractivity contribution in [2.24, 2.45) is 0 Å². The highest BCUT2D eigenvalue weighted by atomic mass is 32.2. The Morgan fingerprint density at radius 2 is 1.73 bits per heavy atom. The second-order valence-corrected chi connectivity index (χ2v) is 9.93. The molecule has 1 aliphatic heterocycles. The van der Waals surface area contributed by atoms with Crippen LogP contribution in [0, 0.1) is 0 Å². The molecule has 1 heterocycles. The number of benzene rings is 1. The Balaban J connectivity index is 2.32. The fraction of sp³-hybridized carbons (Fsp3) is 0.650. The number of phenolic OH excluding ortho intramolecular Hbond substituents is 1. The van der Waals surface area contributed by atoms with Crippen LogP contribution < -0.4 is 0 Å². The summed E-state index contributed by atoms with van der Waals surface area (Å²) in [5, 5.41) is 19.6. The molecule has 0 bridgehead atoms. The number of aliphatic carboxylic acids is 1. The number of hydrogen-bond acceptors (Lipinski definition) is 5. The van der Waals surface area contributed by atoms with Gasteiger partial charge in [-0.1, -0.05) is 53.3 Å². The zero-order valence-electron chi connectivity index (χ0n) is 16.5. The molecule has 6 heteroatoms. The predicted octanol–water partition coefficient (Wildman–Crippen LogP) is 4.30. The maximum absolute atomic E-state index is 10.8. The molecular formula is C20H30O5S. The largest absolute Gasteiger partial charge is 0.507 e. The molecule has 0 aliphatic carbocycles. The lowest BCUT2D eigenvalue weighted by atomic mass is 9.79. The molecule has 0 amide bonds. The van der Waals surface area contributed by atoms with Gasteiger partial charge in [-0.3, -0.25) is 0 Å². The Morgan fingerprint density at radius 3 is 2.19 bits per heavy atom. The lowest BCUT2D eigenvalue weighted by molar-refractivity contribution is -0.144. The van der Waals surface area contributed by atoms with E-state index < -0.39 is 5.97 Å². The topological polar surface area (TPSA) is 76.0 Å². The van der Waals surface area contributed by atoms with Crippen molar-refractivity contribution >= 4 is 17.7 Å². The number of hydrogen-bond donors (Lipinski definition) is 2. The minimum absolute atomic E-state index is 0.198. The summed E-state index contributed by atoms with van der Waals surface area (Å²) in [6.45, 7) is 12.7. The van der Waals surface area contributed by atoms with E-state index in [-0.39, 0.29) is 29.0 Å². The fourth-order valence-electron chi connectivity index (χ4n) is 2.95. The van der Waals surface area contributed by atoms with E-state index in [0.717, 1.165) is 16.0 Å². The first kappa shape index (κ1) is 21.1. The third kappa shape index (κ3) is 5.15. The van der Waals surface area contributed by atoms with Crippen molar-refractivity contribution in [3.63, 3.8) is 0 Å². The van der Waals surface area contributed by atoms with Crippen molar-refractivity contribution < 1.29 is 24.5 Å². The normalized spacial score (nSPS) is 21.2. The second-order valence-electron chi connectivity index (χ2n) is 8.76. The van der Waals surface area contributed by atoms with Crippen molar-refractivity contribution in [2.75, 3.05) is 13.2 Å². The predicted molar refractivity (Wildman–Crippen MR) is 103 cm³/mol. The van der Waals surface area contributed by atoms with E-state index >= 15 is 0 Å². The highest BCUT2D eigenvalue weighted by molar-refractivity contribution is 7.99. The lowest BCUT2D eigenvalue weighted by Gasteiger charge is -2.28. The summed E-state index contributed by atoms with van der Waals surface area (Å²) in [5.74, 6) is -0.629. The van der Waals surface area contributed by atoms with Gasteiger partial charge in [-0.15, -0.1) is 0 Å². The van der Waals surface area contributed by atoms with Crippen LogP contribution in [-0.4, -0.2) is 40.9 Å². The maximum atomic E-state index is 10.8. The van der Waals surface area contributed by atoms with Gasteiger partial charge in [0, 0.05) is 22.4 Å². The first-order chi connectivity index (χ1) is 11.9. The quantitative estimate of drug-likeness (QED) is 0.791. The van der Waals surface area contributed by atoms with Gasteiger partial charge >= 0.3 is 5.97 Å². The van der Waals surface area contributed by atoms with Crippen LogP contribution in [0.2, 0.25) is 0 Å². The van der Waals surface area contributed by atoms with Gasteiger partial charge in [0.2, 0.25) is 0 Å². The van der Waals surface area contributed by atoms with Crippen LogP contribution in [0.4, 0.5) is 0 Å². The van der Waals surface area contributed by atoms with Gasteiger partial charge in [-0.2, -0.15) is 0 Å². The zero-order valence-corrected chi connectivity index (χ0v) is 17.3. The maximum Gasteiger partial charge on any atom is 0.329 e. The molecule has 2 atom stereocenters. The van der Waals surface area contributed by atoms with Crippen molar-refractivity contribution in [1.82, 2.24) is 0 Å². The Labute approximate surface area is 160 Å². The van der Waals surface area contributed by atoms with Gasteiger partial charge in [-0.25, -0.2) is 4.79 Å². The van der Waals surface area contributed by atoms with Crippen molar-refractivity contribution in [3.05, 3.63) is 23.3 Å². The SMILES string of the molecule is CC(C)(C)c1cc(S[C@@H]2OCC[C@H]2OCC(=O)O)cc(C(C)(C)C)c1O. The molecule has 1 aliphatic rings. The third-order valence-electron chi connectivity index (χ3n) is 4.36. The van der Waals surface area contributed by atoms with Crippen molar-refractivity contribution in [1.29, 1.82) is 0 Å². The Hall–Kier alpha value is -1.24. The molecule has 1 aromatic rings. The third-order valence-corrected chi connectivity index (χ3v) is 5.54. The molecule has 2 N–H and O–H groups in total. The number of carboxylic acid groups (broad SMARTS) is 1. The first-order valence-electron chi connectivity index (χ1n) is 8.89. The standard InChI is InChI=1S/C20H30O5S/c1-19(2,3)13-9-12(10-14(17(13)23)20(4,5)6)26-18-15(7-8-24-18)25-11-16(21)22/h9-10,15,18,23H,7-8,11H2,1-6H3,(H,21,22)/t15-,18+/m1/s1. The minimum Gasteiger partial charge on any atom is -0.507 e. The fourth-order valence-corrected chi connectivity index (χ4v) is 4.12. The summed E-state index contributed by atoms with van der Waals surface area (Å²) in [5.41, 5.74) is 1.15. The van der Waals surface area contributed by atoms with E-state index in [1.807, 2.05) is 12.1 Å². The first-order valence-corrected chi connectivity index (χ1v) is 9.77. The summed E-state index contributed by atoms with van der Waals surface area (Å²) in [7, 11) is 0. The molecule has 0 unspecified atom stereocenters. The van der Waals surface area contributed by atoms with E-state index in [4.69, 9.17) is 14.6 Å². The smallest absolute Gasteiger partial charge is 0.329 e. The molecule has 26 heavy (non-hydrogen) atoms. The molecule has 0 spiro atoms. The molecular weight excluding hydrogens is 352 g/mol. The highest BCUT2D eigenvalue weighted by Gasteiger charge is 2.32. The molecule has 0 radical (unpaired) electrons. The number of thioether (sulfide) groups is 1. The Kier molecular flexibility index (Phi) is 6.31. The van der Waals surface area contributed by atoms with Gasteiger partial charge in [0.15, 0.2) is 0 Å². The number of carboxylic acids is 1. The van der Waals surface area contributed by atoms with Crippen molar-refractivity contribution in [2.45, 2.75) is 75.2 Å². The van der Waals surface area contributed by atoms with Crippen LogP contribution in [0.1, 0.15) is 59.1 Å². The number of rotatable bonds is 5. The Morgan fingerprint density at radius 1 is 1.19 bits per heavy atom. The minimum atomic E-state index is -0.977. The van der Waals surface area contributed by atoms with Crippen molar-refractivity contribution in [3.8, 4) is 5.75 Å². The average molecular weight is 383 g/mol. The van der Waals surface area contributed by atoms with Gasteiger partial charge < -0.3 is 19.7 Å². The molecule has 5 nitrogen and oxygen atoms in total. The molecule has 2 rings (SSSR count). The van der Waals surface area contributed by atoms with Crippen LogP contribution in [0.25, 0.3) is 0 Å². The summed E-state index contributed by atoms with van der Waals surface area (Å²) in [6.07, 6.45) is 0.433. The van der Waals surface area contributed by atoms with E-state index in [2.05, 4.69) is 41.5 Å². The molecule has 1 saturated heterocycles. The van der Waals surface area contributed by atoms with Gasteiger partial charge in [0.25, 0.3) is 0 Å². The van der Waals surface area contributed by atoms with E-state index in [9.17, 15) is 9.90 Å². The van der Waals surface area contributed by atoms with Gasteiger partial charge in [0.1, 0.15) is 17.8 Å². The summed E-state index contributed by atoms with van der Waals surface area (Å²) < 4.78 is 11.2. The number of aromatic hydroxyl groups is 1. The summed E-state index contributed by atoms with van der Waals surface area (Å²) in [4.78, 5) is 11.8. The number of ether oxygens (including phenoxy) is 2. The van der Waals surface area contributed by atoms with Crippen LogP contribution >= 0.6 is 11.8 Å². The number of carbonyl (C=O) groups is 1. The molecule has 1 aromatic carbocycles. The highest BCUT2D eigenvalue weighted by Crippen LogP contribution is 2.43. The number of phenols is 1. The van der Waals surface area contributed by atoms with Gasteiger partial charge in [-0.05, 0) is 23.0 Å². The lowest BCUT2D eigenvalue weighted by Crippen LogP contribution is -2.24. The van der Waals surface area contributed by atoms with Crippen LogP contribution in [0.15, 0.2) is 17.0 Å². The van der Waals surface area contributed by atoms with Gasteiger partial charge in [0.05, 0.1) is 12.7 Å². The zero-order chi connectivity index (χ0) is 19.7. The summed E-state index contributed by atoms with van der Waals surface area (Å²) >= 11 is 1.53. The van der Waals surface area contributed by atoms with Crippen LogP contribution in [0.5, 0.6) is 5.75 Å².